The summed E-state index contributed by atoms with van der Waals surface area (Å²) in [5, 5.41) is 3.37. The van der Waals surface area contributed by atoms with Crippen LogP contribution in [-0.4, -0.2) is 9.55 Å². The molecule has 0 amide bonds. The first kappa shape index (κ1) is 12.6. The molecule has 0 unspecified atom stereocenters. The quantitative estimate of drug-likeness (QED) is 0.893. The molecule has 0 atom stereocenters. The topological polar surface area (TPSA) is 29.9 Å². The predicted molar refractivity (Wildman–Crippen MR) is 77.1 cm³/mol. The van der Waals surface area contributed by atoms with Crippen LogP contribution in [0.3, 0.4) is 0 Å². The van der Waals surface area contributed by atoms with Crippen molar-refractivity contribution in [3.05, 3.63) is 45.4 Å². The summed E-state index contributed by atoms with van der Waals surface area (Å²) in [5.74, 6) is 1.04. The monoisotopic (exact) mass is 357 g/mol. The van der Waals surface area contributed by atoms with Crippen molar-refractivity contribution >= 4 is 37.5 Å². The van der Waals surface area contributed by atoms with Crippen LogP contribution < -0.4 is 5.32 Å². The standard InChI is InChI=1S/C12H13Br2N3/c1-2-17-6-5-15-12(17)8-16-11-4-3-9(13)7-10(11)14/h3-7,16H,2,8H2,1H3. The molecular weight excluding hydrogens is 346 g/mol. The molecule has 1 N–H and O–H groups in total. The van der Waals surface area contributed by atoms with Crippen LogP contribution in [0.1, 0.15) is 12.7 Å². The van der Waals surface area contributed by atoms with Gasteiger partial charge in [-0.3, -0.25) is 0 Å². The first-order chi connectivity index (χ1) is 8.20. The van der Waals surface area contributed by atoms with Crippen molar-refractivity contribution in [1.82, 2.24) is 9.55 Å². The van der Waals surface area contributed by atoms with E-state index in [1.54, 1.807) is 0 Å². The third-order valence-electron chi connectivity index (χ3n) is 2.51. The Morgan fingerprint density at radius 3 is 2.88 bits per heavy atom. The Bertz CT molecular complexity index is 508. The van der Waals surface area contributed by atoms with E-state index in [4.69, 9.17) is 0 Å². The Morgan fingerprint density at radius 1 is 1.35 bits per heavy atom. The Labute approximate surface area is 118 Å². The second-order valence-electron chi connectivity index (χ2n) is 3.61. The highest BCUT2D eigenvalue weighted by Gasteiger charge is 2.03. The molecule has 1 aromatic carbocycles. The molecule has 0 spiro atoms. The largest absolute Gasteiger partial charge is 0.377 e. The van der Waals surface area contributed by atoms with E-state index >= 15 is 0 Å². The highest BCUT2D eigenvalue weighted by molar-refractivity contribution is 9.11. The van der Waals surface area contributed by atoms with Gasteiger partial charge < -0.3 is 9.88 Å². The molecule has 1 aromatic heterocycles. The summed E-state index contributed by atoms with van der Waals surface area (Å²) in [6, 6.07) is 6.07. The summed E-state index contributed by atoms with van der Waals surface area (Å²) in [5.41, 5.74) is 1.07. The minimum absolute atomic E-state index is 0.723. The van der Waals surface area contributed by atoms with E-state index in [2.05, 4.69) is 53.7 Å². The second-order valence-corrected chi connectivity index (χ2v) is 5.38. The number of hydrogen-bond donors (Lipinski definition) is 1. The number of anilines is 1. The maximum Gasteiger partial charge on any atom is 0.128 e. The van der Waals surface area contributed by atoms with Gasteiger partial charge in [0.25, 0.3) is 0 Å². The molecule has 0 aliphatic heterocycles. The van der Waals surface area contributed by atoms with Gasteiger partial charge >= 0.3 is 0 Å². The minimum Gasteiger partial charge on any atom is -0.377 e. The molecule has 0 aliphatic rings. The van der Waals surface area contributed by atoms with Gasteiger partial charge in [-0.25, -0.2) is 4.98 Å². The molecule has 0 radical (unpaired) electrons. The van der Waals surface area contributed by atoms with E-state index in [-0.39, 0.29) is 0 Å². The number of hydrogen-bond acceptors (Lipinski definition) is 2. The lowest BCUT2D eigenvalue weighted by Crippen LogP contribution is -2.07. The Kier molecular flexibility index (Phi) is 4.23. The molecule has 90 valence electrons. The third kappa shape index (κ3) is 3.10. The van der Waals surface area contributed by atoms with Gasteiger partial charge in [0.1, 0.15) is 5.82 Å². The van der Waals surface area contributed by atoms with Gasteiger partial charge in [0.15, 0.2) is 0 Å². The number of halogens is 2. The number of benzene rings is 1. The molecule has 0 aliphatic carbocycles. The van der Waals surface area contributed by atoms with Gasteiger partial charge in [-0.1, -0.05) is 15.9 Å². The maximum atomic E-state index is 4.33. The van der Waals surface area contributed by atoms with Crippen LogP contribution >= 0.6 is 31.9 Å². The van der Waals surface area contributed by atoms with E-state index in [9.17, 15) is 0 Å². The molecule has 0 saturated carbocycles. The Balaban J connectivity index is 2.07. The van der Waals surface area contributed by atoms with Gasteiger partial charge in [-0.05, 0) is 41.1 Å². The molecule has 2 rings (SSSR count). The molecule has 17 heavy (non-hydrogen) atoms. The van der Waals surface area contributed by atoms with Crippen LogP contribution in [0.5, 0.6) is 0 Å². The first-order valence-electron chi connectivity index (χ1n) is 5.39. The highest BCUT2D eigenvalue weighted by atomic mass is 79.9. The molecule has 3 nitrogen and oxygen atoms in total. The normalized spacial score (nSPS) is 10.5. The lowest BCUT2D eigenvalue weighted by molar-refractivity contribution is 0.708. The fraction of sp³-hybridized carbons (Fsp3) is 0.250. The number of aromatic nitrogens is 2. The van der Waals surface area contributed by atoms with Crippen LogP contribution in [0.2, 0.25) is 0 Å². The average molecular weight is 359 g/mol. The Hall–Kier alpha value is -0.810. The van der Waals surface area contributed by atoms with Crippen molar-refractivity contribution in [2.24, 2.45) is 0 Å². The van der Waals surface area contributed by atoms with Gasteiger partial charge in [-0.15, -0.1) is 0 Å². The average Bonchev–Trinajstić information content (AvgIpc) is 2.75. The van der Waals surface area contributed by atoms with Crippen LogP contribution in [-0.2, 0) is 13.1 Å². The van der Waals surface area contributed by atoms with E-state index < -0.39 is 0 Å². The van der Waals surface area contributed by atoms with Crippen molar-refractivity contribution in [1.29, 1.82) is 0 Å². The number of imidazole rings is 1. The number of nitrogens with one attached hydrogen (secondary N) is 1. The van der Waals surface area contributed by atoms with Crippen LogP contribution in [0, 0.1) is 0 Å². The smallest absolute Gasteiger partial charge is 0.128 e. The molecule has 0 saturated heterocycles. The molecule has 5 heteroatoms. The van der Waals surface area contributed by atoms with Crippen molar-refractivity contribution < 1.29 is 0 Å². The van der Waals surface area contributed by atoms with Crippen molar-refractivity contribution in [2.45, 2.75) is 20.0 Å². The Morgan fingerprint density at radius 2 is 2.18 bits per heavy atom. The third-order valence-corrected chi connectivity index (χ3v) is 3.66. The summed E-state index contributed by atoms with van der Waals surface area (Å²) >= 11 is 6.96. The molecule has 2 aromatic rings. The SMILES string of the molecule is CCn1ccnc1CNc1ccc(Br)cc1Br. The predicted octanol–water partition coefficient (Wildman–Crippen LogP) is 4.04. The number of aryl methyl sites for hydroxylation is 1. The molecule has 0 bridgehead atoms. The molecule has 0 fully saturated rings. The van der Waals surface area contributed by atoms with Gasteiger partial charge in [0, 0.05) is 33.6 Å². The summed E-state index contributed by atoms with van der Waals surface area (Å²) in [6.07, 6.45) is 3.82. The van der Waals surface area contributed by atoms with Crippen molar-refractivity contribution in [3.63, 3.8) is 0 Å². The highest BCUT2D eigenvalue weighted by Crippen LogP contribution is 2.26. The lowest BCUT2D eigenvalue weighted by atomic mass is 10.3. The zero-order valence-electron chi connectivity index (χ0n) is 9.45. The van der Waals surface area contributed by atoms with Gasteiger partial charge in [-0.2, -0.15) is 0 Å². The molecular formula is C12H13Br2N3. The maximum absolute atomic E-state index is 4.33. The van der Waals surface area contributed by atoms with E-state index in [0.29, 0.717) is 0 Å². The van der Waals surface area contributed by atoms with Crippen LogP contribution in [0.25, 0.3) is 0 Å². The molecule has 1 heterocycles. The van der Waals surface area contributed by atoms with Crippen molar-refractivity contribution in [3.8, 4) is 0 Å². The van der Waals surface area contributed by atoms with E-state index in [1.807, 2.05) is 30.6 Å². The number of nitrogens with zero attached hydrogens (tertiary/aromatic N) is 2. The summed E-state index contributed by atoms with van der Waals surface area (Å²) in [4.78, 5) is 4.33. The van der Waals surface area contributed by atoms with E-state index in [1.165, 1.54) is 0 Å². The van der Waals surface area contributed by atoms with E-state index in [0.717, 1.165) is 33.5 Å². The van der Waals surface area contributed by atoms with Crippen LogP contribution in [0.4, 0.5) is 5.69 Å². The van der Waals surface area contributed by atoms with Gasteiger partial charge in [0.05, 0.1) is 6.54 Å². The summed E-state index contributed by atoms with van der Waals surface area (Å²) in [7, 11) is 0. The fourth-order valence-electron chi connectivity index (χ4n) is 1.60. The minimum atomic E-state index is 0.723. The van der Waals surface area contributed by atoms with Gasteiger partial charge in [0.2, 0.25) is 0 Å². The lowest BCUT2D eigenvalue weighted by Gasteiger charge is -2.09. The van der Waals surface area contributed by atoms with Crippen molar-refractivity contribution in [2.75, 3.05) is 5.32 Å². The summed E-state index contributed by atoms with van der Waals surface area (Å²) in [6.45, 7) is 3.78. The fourth-order valence-corrected chi connectivity index (χ4v) is 2.79. The zero-order chi connectivity index (χ0) is 12.3. The van der Waals surface area contributed by atoms with Crippen LogP contribution in [0.15, 0.2) is 39.5 Å². The first-order valence-corrected chi connectivity index (χ1v) is 6.98. The summed E-state index contributed by atoms with van der Waals surface area (Å²) < 4.78 is 4.23. The number of rotatable bonds is 4. The zero-order valence-corrected chi connectivity index (χ0v) is 12.6. The second kappa shape index (κ2) is 5.69.